The molecule has 2 N–H and O–H groups in total. The third-order valence-corrected chi connectivity index (χ3v) is 7.09. The second-order valence-corrected chi connectivity index (χ2v) is 8.42. The second-order valence-electron chi connectivity index (χ2n) is 8.42. The predicted octanol–water partition coefficient (Wildman–Crippen LogP) is 1.81. The number of nitriles is 1. The SMILES string of the molecule is N#Cc1ccc(N2CCN([C@@H]3c4ccccc4C4(CCNCC4)[C@H]3O)CC2)nc1. The Morgan fingerprint density at radius 2 is 1.83 bits per heavy atom. The number of aromatic nitrogens is 1. The smallest absolute Gasteiger partial charge is 0.128 e. The van der Waals surface area contributed by atoms with E-state index >= 15 is 0 Å². The van der Waals surface area contributed by atoms with Crippen LogP contribution < -0.4 is 10.2 Å². The molecule has 0 unspecified atom stereocenters. The molecule has 3 heterocycles. The van der Waals surface area contributed by atoms with Gasteiger partial charge in [0.1, 0.15) is 11.9 Å². The van der Waals surface area contributed by atoms with Gasteiger partial charge in [0.05, 0.1) is 17.7 Å². The van der Waals surface area contributed by atoms with Crippen molar-refractivity contribution >= 4 is 5.82 Å². The number of nitrogens with zero attached hydrogens (tertiary/aromatic N) is 4. The lowest BCUT2D eigenvalue weighted by Gasteiger charge is -2.43. The van der Waals surface area contributed by atoms with Crippen molar-refractivity contribution < 1.29 is 5.11 Å². The Morgan fingerprint density at radius 1 is 1.07 bits per heavy atom. The first-order chi connectivity index (χ1) is 14.2. The maximum atomic E-state index is 11.6. The van der Waals surface area contributed by atoms with Gasteiger partial charge in [0.25, 0.3) is 0 Å². The van der Waals surface area contributed by atoms with Gasteiger partial charge in [-0.25, -0.2) is 4.98 Å². The molecule has 3 aliphatic rings. The Kier molecular flexibility index (Phi) is 4.75. The number of pyridine rings is 1. The fourth-order valence-corrected chi connectivity index (χ4v) is 5.54. The Morgan fingerprint density at radius 3 is 2.52 bits per heavy atom. The van der Waals surface area contributed by atoms with E-state index in [2.05, 4.69) is 50.4 Å². The Balaban J connectivity index is 1.36. The zero-order valence-corrected chi connectivity index (χ0v) is 16.6. The summed E-state index contributed by atoms with van der Waals surface area (Å²) in [5.41, 5.74) is 3.14. The monoisotopic (exact) mass is 389 g/mol. The molecule has 0 saturated carbocycles. The number of nitrogens with one attached hydrogen (secondary N) is 1. The number of fused-ring (bicyclic) bond motifs is 2. The number of benzene rings is 1. The minimum absolute atomic E-state index is 0.0698. The standard InChI is InChI=1S/C23H27N5O/c24-15-17-5-6-20(26-16-17)27-11-13-28(14-12-27)21-18-3-1-2-4-19(18)23(22(21)29)7-9-25-10-8-23/h1-6,16,21-22,25,29H,7-14H2/t21-,22+/m1/s1. The van der Waals surface area contributed by atoms with E-state index < -0.39 is 0 Å². The van der Waals surface area contributed by atoms with Crippen molar-refractivity contribution in [1.29, 1.82) is 5.26 Å². The fraction of sp³-hybridized carbons (Fsp3) is 0.478. The number of piperazine rings is 1. The van der Waals surface area contributed by atoms with E-state index in [1.54, 1.807) is 6.20 Å². The molecule has 0 bridgehead atoms. The molecular formula is C23H27N5O. The molecule has 5 rings (SSSR count). The lowest BCUT2D eigenvalue weighted by atomic mass is 9.72. The van der Waals surface area contributed by atoms with E-state index in [1.807, 2.05) is 12.1 Å². The molecule has 6 heteroatoms. The lowest BCUT2D eigenvalue weighted by molar-refractivity contribution is -0.00363. The summed E-state index contributed by atoms with van der Waals surface area (Å²) in [4.78, 5) is 9.17. The van der Waals surface area contributed by atoms with Gasteiger partial charge in [-0.2, -0.15) is 5.26 Å². The van der Waals surface area contributed by atoms with Crippen molar-refractivity contribution in [2.75, 3.05) is 44.2 Å². The van der Waals surface area contributed by atoms with Crippen molar-refractivity contribution in [3.8, 4) is 6.07 Å². The molecule has 1 aromatic carbocycles. The van der Waals surface area contributed by atoms with Crippen LogP contribution in [0.15, 0.2) is 42.6 Å². The summed E-state index contributed by atoms with van der Waals surface area (Å²) < 4.78 is 0. The third-order valence-electron chi connectivity index (χ3n) is 7.09. The fourth-order valence-electron chi connectivity index (χ4n) is 5.54. The lowest BCUT2D eigenvalue weighted by Crippen LogP contribution is -2.53. The van der Waals surface area contributed by atoms with Crippen LogP contribution in [0.3, 0.4) is 0 Å². The molecule has 0 radical (unpaired) electrons. The minimum atomic E-state index is -0.360. The highest BCUT2D eigenvalue weighted by molar-refractivity contribution is 5.46. The zero-order valence-electron chi connectivity index (χ0n) is 16.6. The first kappa shape index (κ1) is 18.6. The van der Waals surface area contributed by atoms with Crippen LogP contribution in [0.5, 0.6) is 0 Å². The minimum Gasteiger partial charge on any atom is -0.390 e. The Labute approximate surface area is 171 Å². The van der Waals surface area contributed by atoms with E-state index in [0.29, 0.717) is 5.56 Å². The zero-order chi connectivity index (χ0) is 19.8. The predicted molar refractivity (Wildman–Crippen MR) is 112 cm³/mol. The topological polar surface area (TPSA) is 75.4 Å². The van der Waals surface area contributed by atoms with E-state index in [0.717, 1.165) is 57.9 Å². The molecule has 1 spiro atoms. The van der Waals surface area contributed by atoms with Crippen molar-refractivity contribution in [3.05, 3.63) is 59.3 Å². The molecule has 2 saturated heterocycles. The van der Waals surface area contributed by atoms with Gasteiger partial charge in [-0.3, -0.25) is 4.90 Å². The highest BCUT2D eigenvalue weighted by Crippen LogP contribution is 2.52. The quantitative estimate of drug-likeness (QED) is 0.816. The highest BCUT2D eigenvalue weighted by Gasteiger charge is 2.53. The van der Waals surface area contributed by atoms with Crippen LogP contribution in [0.2, 0.25) is 0 Å². The van der Waals surface area contributed by atoms with Gasteiger partial charge in [-0.15, -0.1) is 0 Å². The Hall–Kier alpha value is -2.46. The van der Waals surface area contributed by atoms with Crippen LogP contribution in [0.1, 0.15) is 35.6 Å². The van der Waals surface area contributed by atoms with Gasteiger partial charge in [0.2, 0.25) is 0 Å². The number of piperidine rings is 1. The molecule has 150 valence electrons. The van der Waals surface area contributed by atoms with Gasteiger partial charge >= 0.3 is 0 Å². The number of hydrogen-bond donors (Lipinski definition) is 2. The first-order valence-corrected chi connectivity index (χ1v) is 10.6. The number of aliphatic hydroxyl groups excluding tert-OH is 1. The third kappa shape index (κ3) is 3.01. The summed E-state index contributed by atoms with van der Waals surface area (Å²) >= 11 is 0. The number of aliphatic hydroxyl groups is 1. The molecule has 2 aliphatic heterocycles. The van der Waals surface area contributed by atoms with Gasteiger partial charge in [-0.1, -0.05) is 24.3 Å². The van der Waals surface area contributed by atoms with Crippen molar-refractivity contribution in [2.24, 2.45) is 0 Å². The summed E-state index contributed by atoms with van der Waals surface area (Å²) in [5, 5.41) is 24.0. The van der Waals surface area contributed by atoms with Crippen LogP contribution in [0.4, 0.5) is 5.82 Å². The maximum absolute atomic E-state index is 11.6. The first-order valence-electron chi connectivity index (χ1n) is 10.6. The molecule has 1 aromatic heterocycles. The number of rotatable bonds is 2. The Bertz CT molecular complexity index is 908. The van der Waals surface area contributed by atoms with Crippen LogP contribution in [-0.4, -0.2) is 60.4 Å². The van der Waals surface area contributed by atoms with Gasteiger partial charge in [-0.05, 0) is 49.2 Å². The van der Waals surface area contributed by atoms with Crippen LogP contribution in [0.25, 0.3) is 0 Å². The molecule has 2 atom stereocenters. The molecular weight excluding hydrogens is 362 g/mol. The van der Waals surface area contributed by atoms with Crippen molar-refractivity contribution in [1.82, 2.24) is 15.2 Å². The van der Waals surface area contributed by atoms with Crippen molar-refractivity contribution in [3.63, 3.8) is 0 Å². The summed E-state index contributed by atoms with van der Waals surface area (Å²) in [6, 6.07) is 14.6. The van der Waals surface area contributed by atoms with Gasteiger partial charge in [0.15, 0.2) is 0 Å². The second kappa shape index (κ2) is 7.42. The average molecular weight is 390 g/mol. The molecule has 2 fully saturated rings. The number of hydrogen-bond acceptors (Lipinski definition) is 6. The molecule has 1 aliphatic carbocycles. The van der Waals surface area contributed by atoms with Crippen LogP contribution >= 0.6 is 0 Å². The highest BCUT2D eigenvalue weighted by atomic mass is 16.3. The van der Waals surface area contributed by atoms with Crippen LogP contribution in [-0.2, 0) is 5.41 Å². The molecule has 2 aromatic rings. The largest absolute Gasteiger partial charge is 0.390 e. The van der Waals surface area contributed by atoms with Crippen molar-refractivity contribution in [2.45, 2.75) is 30.4 Å². The molecule has 6 nitrogen and oxygen atoms in total. The molecule has 29 heavy (non-hydrogen) atoms. The van der Waals surface area contributed by atoms with E-state index in [9.17, 15) is 5.11 Å². The van der Waals surface area contributed by atoms with E-state index in [-0.39, 0.29) is 17.6 Å². The van der Waals surface area contributed by atoms with E-state index in [1.165, 1.54) is 11.1 Å². The summed E-state index contributed by atoms with van der Waals surface area (Å²) in [5.74, 6) is 0.922. The summed E-state index contributed by atoms with van der Waals surface area (Å²) in [6.07, 6.45) is 3.27. The molecule has 0 amide bonds. The average Bonchev–Trinajstić information content (AvgIpc) is 3.02. The van der Waals surface area contributed by atoms with Crippen LogP contribution in [0, 0.1) is 11.3 Å². The summed E-state index contributed by atoms with van der Waals surface area (Å²) in [6.45, 7) is 5.47. The maximum Gasteiger partial charge on any atom is 0.128 e. The van der Waals surface area contributed by atoms with Gasteiger partial charge in [0, 0.05) is 37.8 Å². The normalized spacial score (nSPS) is 26.3. The number of anilines is 1. The van der Waals surface area contributed by atoms with Gasteiger partial charge < -0.3 is 15.3 Å². The summed E-state index contributed by atoms with van der Waals surface area (Å²) in [7, 11) is 0. The van der Waals surface area contributed by atoms with E-state index in [4.69, 9.17) is 5.26 Å².